The van der Waals surface area contributed by atoms with Gasteiger partial charge in [-0.05, 0) is 54.9 Å². The lowest BCUT2D eigenvalue weighted by atomic mass is 9.93. The van der Waals surface area contributed by atoms with Crippen LogP contribution in [0.25, 0.3) is 0 Å². The SMILES string of the molecule is CNC(=O)c1ccc(NCC2CC3C=CC2C3)cc1. The lowest BCUT2D eigenvalue weighted by molar-refractivity contribution is 0.0963. The van der Waals surface area contributed by atoms with Crippen LogP contribution >= 0.6 is 0 Å². The van der Waals surface area contributed by atoms with Crippen LogP contribution in [0.1, 0.15) is 23.2 Å². The Balaban J connectivity index is 1.56. The molecule has 2 aliphatic carbocycles. The second-order valence-corrected chi connectivity index (χ2v) is 5.58. The average Bonchev–Trinajstić information content (AvgIpc) is 3.07. The summed E-state index contributed by atoms with van der Waals surface area (Å²) in [6.45, 7) is 1.03. The number of fused-ring (bicyclic) bond motifs is 2. The van der Waals surface area contributed by atoms with Crippen molar-refractivity contribution in [1.82, 2.24) is 5.32 Å². The van der Waals surface area contributed by atoms with E-state index < -0.39 is 0 Å². The molecule has 0 radical (unpaired) electrons. The molecule has 0 saturated heterocycles. The lowest BCUT2D eigenvalue weighted by Gasteiger charge is -2.19. The van der Waals surface area contributed by atoms with Crippen LogP contribution in [0.2, 0.25) is 0 Å². The van der Waals surface area contributed by atoms with Crippen LogP contribution in [-0.4, -0.2) is 19.5 Å². The van der Waals surface area contributed by atoms with Gasteiger partial charge in [0, 0.05) is 24.8 Å². The van der Waals surface area contributed by atoms with Crippen molar-refractivity contribution in [2.75, 3.05) is 18.9 Å². The first-order chi connectivity index (χ1) is 9.26. The molecule has 3 nitrogen and oxygen atoms in total. The Morgan fingerprint density at radius 2 is 2.00 bits per heavy atom. The second-order valence-electron chi connectivity index (χ2n) is 5.58. The molecular formula is C16H20N2O. The van der Waals surface area contributed by atoms with Gasteiger partial charge in [-0.25, -0.2) is 0 Å². The molecule has 19 heavy (non-hydrogen) atoms. The summed E-state index contributed by atoms with van der Waals surface area (Å²) in [7, 11) is 1.65. The van der Waals surface area contributed by atoms with Crippen LogP contribution in [0, 0.1) is 17.8 Å². The monoisotopic (exact) mass is 256 g/mol. The predicted octanol–water partition coefficient (Wildman–Crippen LogP) is 2.67. The molecule has 0 heterocycles. The lowest BCUT2D eigenvalue weighted by Crippen LogP contribution is -2.19. The Labute approximate surface area is 114 Å². The summed E-state index contributed by atoms with van der Waals surface area (Å²) in [6.07, 6.45) is 7.43. The van der Waals surface area contributed by atoms with Crippen LogP contribution < -0.4 is 10.6 Å². The molecular weight excluding hydrogens is 236 g/mol. The summed E-state index contributed by atoms with van der Waals surface area (Å²) in [6, 6.07) is 7.69. The van der Waals surface area contributed by atoms with Crippen LogP contribution in [0.15, 0.2) is 36.4 Å². The minimum atomic E-state index is -0.0372. The number of carbonyl (C=O) groups excluding carboxylic acids is 1. The quantitative estimate of drug-likeness (QED) is 0.813. The summed E-state index contributed by atoms with van der Waals surface area (Å²) in [5.74, 6) is 2.34. The molecule has 3 atom stereocenters. The molecule has 3 rings (SSSR count). The fraction of sp³-hybridized carbons (Fsp3) is 0.438. The van der Waals surface area contributed by atoms with E-state index in [9.17, 15) is 4.79 Å². The van der Waals surface area contributed by atoms with Gasteiger partial charge in [-0.1, -0.05) is 12.2 Å². The Morgan fingerprint density at radius 3 is 2.58 bits per heavy atom. The van der Waals surface area contributed by atoms with E-state index in [4.69, 9.17) is 0 Å². The van der Waals surface area contributed by atoms with E-state index in [1.54, 1.807) is 7.05 Å². The van der Waals surface area contributed by atoms with Crippen molar-refractivity contribution >= 4 is 11.6 Å². The van der Waals surface area contributed by atoms with Crippen LogP contribution in [-0.2, 0) is 0 Å². The number of hydrogen-bond acceptors (Lipinski definition) is 2. The largest absolute Gasteiger partial charge is 0.385 e. The van der Waals surface area contributed by atoms with Gasteiger partial charge in [0.05, 0.1) is 0 Å². The van der Waals surface area contributed by atoms with E-state index in [0.29, 0.717) is 5.56 Å². The molecule has 1 amide bonds. The van der Waals surface area contributed by atoms with Gasteiger partial charge in [-0.2, -0.15) is 0 Å². The van der Waals surface area contributed by atoms with Crippen molar-refractivity contribution in [2.45, 2.75) is 12.8 Å². The highest BCUT2D eigenvalue weighted by Crippen LogP contribution is 2.43. The van der Waals surface area contributed by atoms with Crippen molar-refractivity contribution in [3.63, 3.8) is 0 Å². The molecule has 0 aliphatic heterocycles. The molecule has 3 heteroatoms. The molecule has 100 valence electrons. The number of amides is 1. The Bertz CT molecular complexity index is 492. The second kappa shape index (κ2) is 5.08. The fourth-order valence-corrected chi connectivity index (χ4v) is 3.26. The number of allylic oxidation sites excluding steroid dienone is 2. The molecule has 1 saturated carbocycles. The minimum Gasteiger partial charge on any atom is -0.385 e. The molecule has 2 aliphatic rings. The topological polar surface area (TPSA) is 41.1 Å². The van der Waals surface area contributed by atoms with Crippen molar-refractivity contribution in [3.05, 3.63) is 42.0 Å². The number of benzene rings is 1. The summed E-state index contributed by atoms with van der Waals surface area (Å²) in [5, 5.41) is 6.12. The average molecular weight is 256 g/mol. The number of anilines is 1. The van der Waals surface area contributed by atoms with Crippen molar-refractivity contribution < 1.29 is 4.79 Å². The van der Waals surface area contributed by atoms with Gasteiger partial charge < -0.3 is 10.6 Å². The highest BCUT2D eigenvalue weighted by atomic mass is 16.1. The van der Waals surface area contributed by atoms with E-state index in [-0.39, 0.29) is 5.91 Å². The summed E-state index contributed by atoms with van der Waals surface area (Å²) in [5.41, 5.74) is 1.80. The third-order valence-electron chi connectivity index (χ3n) is 4.36. The number of nitrogens with one attached hydrogen (secondary N) is 2. The van der Waals surface area contributed by atoms with Gasteiger partial charge >= 0.3 is 0 Å². The van der Waals surface area contributed by atoms with Crippen LogP contribution in [0.5, 0.6) is 0 Å². The van der Waals surface area contributed by atoms with E-state index in [1.807, 2.05) is 24.3 Å². The van der Waals surface area contributed by atoms with E-state index in [2.05, 4.69) is 22.8 Å². The van der Waals surface area contributed by atoms with Gasteiger partial charge in [0.25, 0.3) is 5.91 Å². The normalized spacial score (nSPS) is 27.5. The van der Waals surface area contributed by atoms with Crippen molar-refractivity contribution in [3.8, 4) is 0 Å². The molecule has 3 unspecified atom stereocenters. The molecule has 2 bridgehead atoms. The zero-order valence-electron chi connectivity index (χ0n) is 11.2. The van der Waals surface area contributed by atoms with Gasteiger partial charge in [0.15, 0.2) is 0 Å². The summed E-state index contributed by atoms with van der Waals surface area (Å²) < 4.78 is 0. The molecule has 1 fully saturated rings. The van der Waals surface area contributed by atoms with Crippen LogP contribution in [0.4, 0.5) is 5.69 Å². The third-order valence-corrected chi connectivity index (χ3v) is 4.36. The number of hydrogen-bond donors (Lipinski definition) is 2. The molecule has 1 aromatic rings. The highest BCUT2D eigenvalue weighted by Gasteiger charge is 2.35. The van der Waals surface area contributed by atoms with Gasteiger partial charge in [0.1, 0.15) is 0 Å². The Morgan fingerprint density at radius 1 is 1.21 bits per heavy atom. The van der Waals surface area contributed by atoms with Crippen molar-refractivity contribution in [1.29, 1.82) is 0 Å². The standard InChI is InChI=1S/C16H20N2O/c1-17-16(19)12-4-6-15(7-5-12)18-10-14-9-11-2-3-13(14)8-11/h2-7,11,13-14,18H,8-10H2,1H3,(H,17,19). The first-order valence-electron chi connectivity index (χ1n) is 7.00. The highest BCUT2D eigenvalue weighted by molar-refractivity contribution is 5.94. The smallest absolute Gasteiger partial charge is 0.251 e. The first-order valence-corrected chi connectivity index (χ1v) is 7.00. The van der Waals surface area contributed by atoms with Crippen LogP contribution in [0.3, 0.4) is 0 Å². The number of rotatable bonds is 4. The summed E-state index contributed by atoms with van der Waals surface area (Å²) in [4.78, 5) is 11.4. The number of carbonyl (C=O) groups is 1. The maximum Gasteiger partial charge on any atom is 0.251 e. The first kappa shape index (κ1) is 12.3. The maximum absolute atomic E-state index is 11.4. The van der Waals surface area contributed by atoms with E-state index >= 15 is 0 Å². The summed E-state index contributed by atoms with van der Waals surface area (Å²) >= 11 is 0. The minimum absolute atomic E-state index is 0.0372. The maximum atomic E-state index is 11.4. The van der Waals surface area contributed by atoms with E-state index in [0.717, 1.165) is 30.0 Å². The molecule has 1 aromatic carbocycles. The zero-order valence-corrected chi connectivity index (χ0v) is 11.2. The van der Waals surface area contributed by atoms with Crippen molar-refractivity contribution in [2.24, 2.45) is 17.8 Å². The molecule has 2 N–H and O–H groups in total. The molecule has 0 aromatic heterocycles. The van der Waals surface area contributed by atoms with Gasteiger partial charge in [-0.15, -0.1) is 0 Å². The zero-order chi connectivity index (χ0) is 13.2. The van der Waals surface area contributed by atoms with Gasteiger partial charge in [-0.3, -0.25) is 4.79 Å². The Kier molecular flexibility index (Phi) is 3.28. The Hall–Kier alpha value is -1.77. The predicted molar refractivity (Wildman–Crippen MR) is 77.2 cm³/mol. The fourth-order valence-electron chi connectivity index (χ4n) is 3.26. The van der Waals surface area contributed by atoms with E-state index in [1.165, 1.54) is 12.8 Å². The molecule has 0 spiro atoms. The van der Waals surface area contributed by atoms with Gasteiger partial charge in [0.2, 0.25) is 0 Å². The third kappa shape index (κ3) is 2.50.